The molecule has 1 unspecified atom stereocenters. The second-order valence-electron chi connectivity index (χ2n) is 3.02. The first-order valence-corrected chi connectivity index (χ1v) is 4.23. The van der Waals surface area contributed by atoms with Crippen LogP contribution in [0.2, 0.25) is 0 Å². The van der Waals surface area contributed by atoms with Crippen molar-refractivity contribution in [2.45, 2.75) is 38.1 Å². The molecule has 0 bridgehead atoms. The number of amides is 1. The van der Waals surface area contributed by atoms with Crippen LogP contribution in [-0.2, 0) is 4.79 Å². The molecule has 0 aromatic rings. The largest absolute Gasteiger partial charge is 0.396 e. The molecule has 1 rings (SSSR count). The number of hydrogen-bond acceptors (Lipinski definition) is 2. The van der Waals surface area contributed by atoms with Crippen LogP contribution in [0.1, 0.15) is 32.1 Å². The molecule has 64 valence electrons. The summed E-state index contributed by atoms with van der Waals surface area (Å²) in [6.07, 6.45) is 4.47. The fraction of sp³-hybridized carbons (Fsp3) is 0.875. The maximum Gasteiger partial charge on any atom is 0.220 e. The lowest BCUT2D eigenvalue weighted by molar-refractivity contribution is -0.123. The van der Waals surface area contributed by atoms with Crippen LogP contribution in [0.4, 0.5) is 0 Å². The van der Waals surface area contributed by atoms with Crippen molar-refractivity contribution in [1.82, 2.24) is 5.32 Å². The Bertz CT molecular complexity index is 136. The first-order chi connectivity index (χ1) is 5.33. The molecule has 0 aliphatic carbocycles. The van der Waals surface area contributed by atoms with Gasteiger partial charge in [0.2, 0.25) is 5.91 Å². The summed E-state index contributed by atoms with van der Waals surface area (Å²) in [7, 11) is 0. The maximum absolute atomic E-state index is 10.9. The van der Waals surface area contributed by atoms with E-state index in [1.165, 1.54) is 0 Å². The van der Waals surface area contributed by atoms with Crippen LogP contribution in [0.3, 0.4) is 0 Å². The van der Waals surface area contributed by atoms with E-state index < -0.39 is 0 Å². The maximum atomic E-state index is 10.9. The van der Waals surface area contributed by atoms with Crippen LogP contribution >= 0.6 is 0 Å². The average molecular weight is 157 g/mol. The summed E-state index contributed by atoms with van der Waals surface area (Å²) < 4.78 is 0. The Balaban J connectivity index is 2.17. The van der Waals surface area contributed by atoms with Crippen LogP contribution in [0.15, 0.2) is 0 Å². The zero-order valence-electron chi connectivity index (χ0n) is 6.68. The van der Waals surface area contributed by atoms with Crippen molar-refractivity contribution in [3.05, 3.63) is 0 Å². The van der Waals surface area contributed by atoms with Crippen molar-refractivity contribution >= 4 is 5.91 Å². The van der Waals surface area contributed by atoms with Gasteiger partial charge < -0.3 is 10.4 Å². The van der Waals surface area contributed by atoms with Gasteiger partial charge in [-0.2, -0.15) is 0 Å². The van der Waals surface area contributed by atoms with Gasteiger partial charge in [0, 0.05) is 19.1 Å². The Morgan fingerprint density at radius 3 is 3.09 bits per heavy atom. The van der Waals surface area contributed by atoms with E-state index in [9.17, 15) is 4.79 Å². The fourth-order valence-corrected chi connectivity index (χ4v) is 1.44. The molecule has 0 radical (unpaired) electrons. The van der Waals surface area contributed by atoms with Gasteiger partial charge in [-0.15, -0.1) is 0 Å². The Morgan fingerprint density at radius 1 is 1.64 bits per heavy atom. The molecule has 3 heteroatoms. The normalized spacial score (nSPS) is 24.8. The zero-order chi connectivity index (χ0) is 8.10. The average Bonchev–Trinajstić information content (AvgIpc) is 2.01. The highest BCUT2D eigenvalue weighted by molar-refractivity contribution is 5.76. The molecule has 1 atom stereocenters. The Kier molecular flexibility index (Phi) is 3.36. The van der Waals surface area contributed by atoms with Crippen molar-refractivity contribution in [3.8, 4) is 0 Å². The third kappa shape index (κ3) is 2.89. The minimum Gasteiger partial charge on any atom is -0.396 e. The molecule has 3 nitrogen and oxygen atoms in total. The summed E-state index contributed by atoms with van der Waals surface area (Å²) >= 11 is 0. The van der Waals surface area contributed by atoms with E-state index in [1.54, 1.807) is 0 Å². The third-order valence-electron chi connectivity index (χ3n) is 2.03. The summed E-state index contributed by atoms with van der Waals surface area (Å²) in [6, 6.07) is 0.323. The van der Waals surface area contributed by atoms with Gasteiger partial charge in [0.1, 0.15) is 0 Å². The highest BCUT2D eigenvalue weighted by Gasteiger charge is 2.16. The van der Waals surface area contributed by atoms with E-state index in [4.69, 9.17) is 5.11 Å². The van der Waals surface area contributed by atoms with Gasteiger partial charge >= 0.3 is 0 Å². The van der Waals surface area contributed by atoms with E-state index in [1.807, 2.05) is 0 Å². The number of hydrogen-bond donors (Lipinski definition) is 2. The van der Waals surface area contributed by atoms with E-state index in [0.717, 1.165) is 25.7 Å². The smallest absolute Gasteiger partial charge is 0.220 e. The summed E-state index contributed by atoms with van der Waals surface area (Å²) in [4.78, 5) is 10.9. The number of carbonyl (C=O) groups excluding carboxylic acids is 1. The van der Waals surface area contributed by atoms with Crippen molar-refractivity contribution < 1.29 is 9.90 Å². The van der Waals surface area contributed by atoms with Gasteiger partial charge in [0.15, 0.2) is 0 Å². The highest BCUT2D eigenvalue weighted by atomic mass is 16.2. The van der Waals surface area contributed by atoms with Crippen LogP contribution in [-0.4, -0.2) is 23.7 Å². The zero-order valence-corrected chi connectivity index (χ0v) is 6.68. The minimum absolute atomic E-state index is 0.166. The molecule has 0 spiro atoms. The van der Waals surface area contributed by atoms with E-state index in [-0.39, 0.29) is 12.5 Å². The third-order valence-corrected chi connectivity index (χ3v) is 2.03. The molecule has 0 aromatic heterocycles. The SMILES string of the molecule is O=C1CCCC(CCCO)N1. The lowest BCUT2D eigenvalue weighted by Gasteiger charge is -2.22. The summed E-state index contributed by atoms with van der Waals surface area (Å²) in [5.41, 5.74) is 0. The first kappa shape index (κ1) is 8.53. The van der Waals surface area contributed by atoms with Gasteiger partial charge in [0.25, 0.3) is 0 Å². The molecule has 1 aliphatic rings. The lowest BCUT2D eigenvalue weighted by atomic mass is 10.0. The van der Waals surface area contributed by atoms with Crippen molar-refractivity contribution in [3.63, 3.8) is 0 Å². The van der Waals surface area contributed by atoms with Gasteiger partial charge in [0.05, 0.1) is 0 Å². The summed E-state index contributed by atoms with van der Waals surface area (Å²) in [6.45, 7) is 0.229. The second kappa shape index (κ2) is 4.34. The molecule has 0 aromatic carbocycles. The topological polar surface area (TPSA) is 49.3 Å². The van der Waals surface area contributed by atoms with Gasteiger partial charge in [-0.1, -0.05) is 0 Å². The summed E-state index contributed by atoms with van der Waals surface area (Å²) in [5, 5.41) is 11.5. The van der Waals surface area contributed by atoms with Crippen LogP contribution in [0.5, 0.6) is 0 Å². The number of piperidine rings is 1. The molecular formula is C8H15NO2. The fourth-order valence-electron chi connectivity index (χ4n) is 1.44. The van der Waals surface area contributed by atoms with Crippen molar-refractivity contribution in [1.29, 1.82) is 0 Å². The minimum atomic E-state index is 0.166. The molecular weight excluding hydrogens is 142 g/mol. The quantitative estimate of drug-likeness (QED) is 0.624. The van der Waals surface area contributed by atoms with E-state index in [2.05, 4.69) is 5.32 Å². The number of aliphatic hydroxyl groups is 1. The Morgan fingerprint density at radius 2 is 2.45 bits per heavy atom. The number of nitrogens with one attached hydrogen (secondary N) is 1. The Hall–Kier alpha value is -0.570. The standard InChI is InChI=1S/C8H15NO2/c10-6-2-4-7-3-1-5-8(11)9-7/h7,10H,1-6H2,(H,9,11). The molecule has 1 saturated heterocycles. The van der Waals surface area contributed by atoms with E-state index in [0.29, 0.717) is 12.5 Å². The van der Waals surface area contributed by atoms with Gasteiger partial charge in [-0.3, -0.25) is 4.79 Å². The number of rotatable bonds is 3. The van der Waals surface area contributed by atoms with Crippen molar-refractivity contribution in [2.24, 2.45) is 0 Å². The van der Waals surface area contributed by atoms with Crippen molar-refractivity contribution in [2.75, 3.05) is 6.61 Å². The second-order valence-corrected chi connectivity index (χ2v) is 3.02. The highest BCUT2D eigenvalue weighted by Crippen LogP contribution is 2.11. The lowest BCUT2D eigenvalue weighted by Crippen LogP contribution is -2.38. The Labute approximate surface area is 66.8 Å². The molecule has 1 aliphatic heterocycles. The first-order valence-electron chi connectivity index (χ1n) is 4.23. The monoisotopic (exact) mass is 157 g/mol. The molecule has 1 amide bonds. The molecule has 11 heavy (non-hydrogen) atoms. The number of carbonyl (C=O) groups is 1. The molecule has 2 N–H and O–H groups in total. The van der Waals surface area contributed by atoms with Crippen LogP contribution < -0.4 is 5.32 Å². The van der Waals surface area contributed by atoms with Crippen LogP contribution in [0, 0.1) is 0 Å². The molecule has 0 saturated carbocycles. The van der Waals surface area contributed by atoms with Crippen LogP contribution in [0.25, 0.3) is 0 Å². The van der Waals surface area contributed by atoms with E-state index >= 15 is 0 Å². The predicted octanol–water partition coefficient (Wildman–Crippen LogP) is 0.428. The molecule has 1 fully saturated rings. The summed E-state index contributed by atoms with van der Waals surface area (Å²) in [5.74, 6) is 0.166. The van der Waals surface area contributed by atoms with Gasteiger partial charge in [-0.25, -0.2) is 0 Å². The number of aliphatic hydroxyl groups excluding tert-OH is 1. The molecule has 1 heterocycles. The predicted molar refractivity (Wildman–Crippen MR) is 42.1 cm³/mol. The van der Waals surface area contributed by atoms with Gasteiger partial charge in [-0.05, 0) is 25.7 Å².